The average molecular weight is 241 g/mol. The Labute approximate surface area is 110 Å². The second kappa shape index (κ2) is 4.10. The second-order valence-electron chi connectivity index (χ2n) is 6.75. The summed E-state index contributed by atoms with van der Waals surface area (Å²) in [6.07, 6.45) is 0. The molecule has 0 amide bonds. The molecule has 0 heterocycles. The van der Waals surface area contributed by atoms with E-state index in [4.69, 9.17) is 5.73 Å². The Morgan fingerprint density at radius 1 is 0.722 bits per heavy atom. The van der Waals surface area contributed by atoms with Gasteiger partial charge in [-0.2, -0.15) is 0 Å². The van der Waals surface area contributed by atoms with Crippen molar-refractivity contribution in [3.8, 4) is 0 Å². The molecule has 0 saturated carbocycles. The van der Waals surface area contributed by atoms with Crippen molar-refractivity contribution in [1.82, 2.24) is 0 Å². The monoisotopic (exact) mass is 241 g/mol. The molecule has 1 heteroatoms. The van der Waals surface area contributed by atoms with Crippen LogP contribution in [0.25, 0.3) is 10.8 Å². The van der Waals surface area contributed by atoms with E-state index in [2.05, 4.69) is 57.2 Å². The van der Waals surface area contributed by atoms with Crippen LogP contribution in [-0.4, -0.2) is 0 Å². The van der Waals surface area contributed by atoms with Crippen molar-refractivity contribution >= 4 is 10.8 Å². The van der Waals surface area contributed by atoms with Crippen molar-refractivity contribution < 1.29 is 0 Å². The third kappa shape index (κ3) is 2.56. The average Bonchev–Trinajstić information content (AvgIpc) is 2.25. The first-order valence-electron chi connectivity index (χ1n) is 6.51. The molecule has 2 N–H and O–H groups in total. The number of hydrogen-bond donors (Lipinski definition) is 1. The van der Waals surface area contributed by atoms with E-state index in [-0.39, 0.29) is 11.0 Å². The lowest BCUT2D eigenvalue weighted by atomic mass is 9.85. The van der Waals surface area contributed by atoms with Crippen molar-refractivity contribution in [3.63, 3.8) is 0 Å². The number of rotatable bonds is 1. The molecule has 0 saturated heterocycles. The summed E-state index contributed by atoms with van der Waals surface area (Å²) in [5, 5.41) is 2.55. The fourth-order valence-electron chi connectivity index (χ4n) is 2.11. The van der Waals surface area contributed by atoms with Gasteiger partial charge in [0.05, 0.1) is 0 Å². The molecule has 2 aromatic carbocycles. The Morgan fingerprint density at radius 2 is 1.22 bits per heavy atom. The first kappa shape index (κ1) is 13.1. The third-order valence-corrected chi connectivity index (χ3v) is 3.45. The molecule has 0 aliphatic rings. The van der Waals surface area contributed by atoms with Gasteiger partial charge in [-0.1, -0.05) is 51.1 Å². The number of fused-ring (bicyclic) bond motifs is 1. The van der Waals surface area contributed by atoms with Crippen molar-refractivity contribution in [1.29, 1.82) is 0 Å². The van der Waals surface area contributed by atoms with Crippen LogP contribution in [0.3, 0.4) is 0 Å². The molecule has 96 valence electrons. The van der Waals surface area contributed by atoms with Crippen molar-refractivity contribution in [2.45, 2.75) is 45.6 Å². The van der Waals surface area contributed by atoms with E-state index < -0.39 is 0 Å². The molecule has 0 fully saturated rings. The second-order valence-corrected chi connectivity index (χ2v) is 6.75. The van der Waals surface area contributed by atoms with E-state index >= 15 is 0 Å². The van der Waals surface area contributed by atoms with Crippen LogP contribution in [0.5, 0.6) is 0 Å². The Kier molecular flexibility index (Phi) is 2.98. The molecular formula is C17H23N. The molecule has 0 bridgehead atoms. The van der Waals surface area contributed by atoms with Gasteiger partial charge in [0.15, 0.2) is 0 Å². The van der Waals surface area contributed by atoms with Gasteiger partial charge in [0.25, 0.3) is 0 Å². The zero-order chi connectivity index (χ0) is 13.6. The lowest BCUT2D eigenvalue weighted by molar-refractivity contribution is 0.555. The van der Waals surface area contributed by atoms with Crippen LogP contribution in [0.1, 0.15) is 45.7 Å². The molecule has 0 aliphatic heterocycles. The van der Waals surface area contributed by atoms with E-state index in [0.717, 1.165) is 0 Å². The van der Waals surface area contributed by atoms with Crippen LogP contribution in [0, 0.1) is 0 Å². The zero-order valence-electron chi connectivity index (χ0n) is 12.0. The normalized spacial score (nSPS) is 13.0. The third-order valence-electron chi connectivity index (χ3n) is 3.45. The highest BCUT2D eigenvalue weighted by Gasteiger charge is 2.16. The van der Waals surface area contributed by atoms with Gasteiger partial charge in [-0.25, -0.2) is 0 Å². The highest BCUT2D eigenvalue weighted by molar-refractivity contribution is 5.84. The van der Waals surface area contributed by atoms with Crippen molar-refractivity contribution in [2.75, 3.05) is 0 Å². The summed E-state index contributed by atoms with van der Waals surface area (Å²) < 4.78 is 0. The molecule has 2 aromatic rings. The minimum Gasteiger partial charge on any atom is -0.322 e. The SMILES string of the molecule is CC(C)(C)c1ccc2ccc(C(C)(C)N)cc2c1. The summed E-state index contributed by atoms with van der Waals surface area (Å²) >= 11 is 0. The molecule has 0 aliphatic carbocycles. The molecule has 2 rings (SSSR count). The largest absolute Gasteiger partial charge is 0.322 e. The number of nitrogens with two attached hydrogens (primary N) is 1. The molecule has 0 atom stereocenters. The molecule has 18 heavy (non-hydrogen) atoms. The zero-order valence-corrected chi connectivity index (χ0v) is 12.0. The predicted octanol–water partition coefficient (Wildman–Crippen LogP) is 4.33. The highest BCUT2D eigenvalue weighted by atomic mass is 14.7. The number of benzene rings is 2. The van der Waals surface area contributed by atoms with Crippen LogP contribution in [0.4, 0.5) is 0 Å². The Hall–Kier alpha value is -1.34. The fraction of sp³-hybridized carbons (Fsp3) is 0.412. The van der Waals surface area contributed by atoms with Gasteiger partial charge in [0.1, 0.15) is 0 Å². The van der Waals surface area contributed by atoms with E-state index in [1.54, 1.807) is 0 Å². The molecule has 0 radical (unpaired) electrons. The van der Waals surface area contributed by atoms with Crippen LogP contribution >= 0.6 is 0 Å². The van der Waals surface area contributed by atoms with Gasteiger partial charge < -0.3 is 5.73 Å². The maximum absolute atomic E-state index is 6.17. The van der Waals surface area contributed by atoms with Crippen molar-refractivity contribution in [2.24, 2.45) is 5.73 Å². The molecule has 0 unspecified atom stereocenters. The topological polar surface area (TPSA) is 26.0 Å². The van der Waals surface area contributed by atoms with E-state index in [0.29, 0.717) is 0 Å². The minimum atomic E-state index is -0.286. The summed E-state index contributed by atoms with van der Waals surface area (Å²) in [6.45, 7) is 10.8. The lowest BCUT2D eigenvalue weighted by Crippen LogP contribution is -2.28. The molecular weight excluding hydrogens is 218 g/mol. The van der Waals surface area contributed by atoms with Crippen LogP contribution in [0.15, 0.2) is 36.4 Å². The fourth-order valence-corrected chi connectivity index (χ4v) is 2.11. The molecule has 0 aromatic heterocycles. The van der Waals surface area contributed by atoms with Gasteiger partial charge in [-0.05, 0) is 47.2 Å². The van der Waals surface area contributed by atoms with Crippen LogP contribution < -0.4 is 5.73 Å². The highest BCUT2D eigenvalue weighted by Crippen LogP contribution is 2.28. The summed E-state index contributed by atoms with van der Waals surface area (Å²) in [6, 6.07) is 13.2. The standard InChI is InChI=1S/C17H23N/c1-16(2,3)14-8-6-12-7-9-15(17(4,5)18)11-13(12)10-14/h6-11H,18H2,1-5H3. The molecule has 1 nitrogen and oxygen atoms in total. The Morgan fingerprint density at radius 3 is 1.72 bits per heavy atom. The van der Waals surface area contributed by atoms with Gasteiger partial charge in [-0.3, -0.25) is 0 Å². The maximum atomic E-state index is 6.17. The van der Waals surface area contributed by atoms with E-state index in [9.17, 15) is 0 Å². The Balaban J connectivity index is 2.61. The summed E-state index contributed by atoms with van der Waals surface area (Å²) in [5.74, 6) is 0. The smallest absolute Gasteiger partial charge is 0.0352 e. The quantitative estimate of drug-likeness (QED) is 0.790. The molecule has 0 spiro atoms. The first-order chi connectivity index (χ1) is 8.18. The van der Waals surface area contributed by atoms with Gasteiger partial charge in [0.2, 0.25) is 0 Å². The van der Waals surface area contributed by atoms with Gasteiger partial charge in [0, 0.05) is 5.54 Å². The van der Waals surface area contributed by atoms with Crippen molar-refractivity contribution in [3.05, 3.63) is 47.5 Å². The Bertz CT molecular complexity index is 519. The van der Waals surface area contributed by atoms with E-state index in [1.165, 1.54) is 21.9 Å². The summed E-state index contributed by atoms with van der Waals surface area (Å²) in [4.78, 5) is 0. The number of hydrogen-bond acceptors (Lipinski definition) is 1. The van der Waals surface area contributed by atoms with Gasteiger partial charge >= 0.3 is 0 Å². The van der Waals surface area contributed by atoms with Crippen LogP contribution in [-0.2, 0) is 11.0 Å². The lowest BCUT2D eigenvalue weighted by Gasteiger charge is -2.22. The maximum Gasteiger partial charge on any atom is 0.0352 e. The van der Waals surface area contributed by atoms with Gasteiger partial charge in [-0.15, -0.1) is 0 Å². The van der Waals surface area contributed by atoms with E-state index in [1.807, 2.05) is 13.8 Å². The van der Waals surface area contributed by atoms with Crippen LogP contribution in [0.2, 0.25) is 0 Å². The minimum absolute atomic E-state index is 0.183. The summed E-state index contributed by atoms with van der Waals surface area (Å²) in [5.41, 5.74) is 8.61. The summed E-state index contributed by atoms with van der Waals surface area (Å²) in [7, 11) is 0. The predicted molar refractivity (Wildman–Crippen MR) is 79.9 cm³/mol. The first-order valence-corrected chi connectivity index (χ1v) is 6.51.